The fourth-order valence-corrected chi connectivity index (χ4v) is 2.67. The maximum absolute atomic E-state index is 12.6. The third-order valence-electron chi connectivity index (χ3n) is 3.81. The van der Waals surface area contributed by atoms with Crippen LogP contribution >= 0.6 is 0 Å². The number of oxime groups is 1. The lowest BCUT2D eigenvalue weighted by Crippen LogP contribution is -2.43. The summed E-state index contributed by atoms with van der Waals surface area (Å²) in [6, 6.07) is 5.90. The van der Waals surface area contributed by atoms with Crippen molar-refractivity contribution in [2.24, 2.45) is 11.1 Å². The first kappa shape index (κ1) is 13.6. The van der Waals surface area contributed by atoms with Gasteiger partial charge in [0.25, 0.3) is 5.91 Å². The van der Waals surface area contributed by atoms with Crippen LogP contribution in [0.5, 0.6) is 0 Å². The number of rotatable bonds is 1. The number of aryl methyl sites for hydroxylation is 2. The van der Waals surface area contributed by atoms with E-state index >= 15 is 0 Å². The number of piperidine rings is 1. The Kier molecular flexibility index (Phi) is 3.88. The summed E-state index contributed by atoms with van der Waals surface area (Å²) in [5, 5.41) is 12.2. The van der Waals surface area contributed by atoms with E-state index in [1.54, 1.807) is 0 Å². The van der Waals surface area contributed by atoms with Gasteiger partial charge in [-0.1, -0.05) is 30.3 Å². The van der Waals surface area contributed by atoms with Gasteiger partial charge >= 0.3 is 0 Å². The van der Waals surface area contributed by atoms with Gasteiger partial charge in [-0.2, -0.15) is 0 Å². The van der Waals surface area contributed by atoms with Gasteiger partial charge in [-0.3, -0.25) is 4.79 Å². The highest BCUT2D eigenvalue weighted by Crippen LogP contribution is 2.20. The normalized spacial score (nSPS) is 21.7. The summed E-state index contributed by atoms with van der Waals surface area (Å²) in [6.07, 6.45) is 0.647. The number of nitrogens with zero attached hydrogens (tertiary/aromatic N) is 2. The highest BCUT2D eigenvalue weighted by atomic mass is 16.4. The molecule has 1 amide bonds. The van der Waals surface area contributed by atoms with E-state index in [9.17, 15) is 4.79 Å². The second-order valence-electron chi connectivity index (χ2n) is 5.26. The van der Waals surface area contributed by atoms with Crippen LogP contribution in [0.1, 0.15) is 34.8 Å². The lowest BCUT2D eigenvalue weighted by molar-refractivity contribution is 0.0732. The van der Waals surface area contributed by atoms with Crippen molar-refractivity contribution in [1.82, 2.24) is 4.90 Å². The molecule has 1 saturated heterocycles. The topological polar surface area (TPSA) is 52.9 Å². The molecule has 1 fully saturated rings. The molecular formula is C15H20N2O2. The van der Waals surface area contributed by atoms with Crippen LogP contribution in [0.3, 0.4) is 0 Å². The second kappa shape index (κ2) is 5.43. The zero-order chi connectivity index (χ0) is 14.0. The number of likely N-dealkylation sites (tertiary alicyclic amines) is 1. The summed E-state index contributed by atoms with van der Waals surface area (Å²) >= 11 is 0. The molecule has 1 aromatic rings. The number of carbonyl (C=O) groups is 1. The minimum absolute atomic E-state index is 0.0828. The predicted octanol–water partition coefficient (Wildman–Crippen LogP) is 2.62. The molecule has 102 valence electrons. The van der Waals surface area contributed by atoms with Gasteiger partial charge in [0.15, 0.2) is 0 Å². The van der Waals surface area contributed by atoms with Crippen LogP contribution in [0.2, 0.25) is 0 Å². The van der Waals surface area contributed by atoms with Crippen LogP contribution in [-0.2, 0) is 0 Å². The summed E-state index contributed by atoms with van der Waals surface area (Å²) in [5.41, 5.74) is 3.61. The molecule has 0 aliphatic carbocycles. The van der Waals surface area contributed by atoms with Crippen LogP contribution in [0.25, 0.3) is 0 Å². The monoisotopic (exact) mass is 260 g/mol. The molecule has 0 spiro atoms. The van der Waals surface area contributed by atoms with E-state index in [1.807, 2.05) is 43.9 Å². The van der Waals surface area contributed by atoms with E-state index < -0.39 is 0 Å². The van der Waals surface area contributed by atoms with Gasteiger partial charge in [0, 0.05) is 31.0 Å². The van der Waals surface area contributed by atoms with Gasteiger partial charge < -0.3 is 10.1 Å². The summed E-state index contributed by atoms with van der Waals surface area (Å²) in [7, 11) is 0. The summed E-state index contributed by atoms with van der Waals surface area (Å²) in [5.74, 6) is 0.200. The van der Waals surface area contributed by atoms with Crippen molar-refractivity contribution in [2.75, 3.05) is 13.1 Å². The second-order valence-corrected chi connectivity index (χ2v) is 5.26. The number of hydrogen-bond donors (Lipinski definition) is 1. The molecular weight excluding hydrogens is 240 g/mol. The summed E-state index contributed by atoms with van der Waals surface area (Å²) in [4.78, 5) is 14.5. The quantitative estimate of drug-likeness (QED) is 0.623. The largest absolute Gasteiger partial charge is 0.411 e. The molecule has 1 N–H and O–H groups in total. The molecule has 4 heteroatoms. The van der Waals surface area contributed by atoms with Crippen molar-refractivity contribution in [2.45, 2.75) is 27.2 Å². The molecule has 1 atom stereocenters. The molecule has 0 aromatic heterocycles. The summed E-state index contributed by atoms with van der Waals surface area (Å²) < 4.78 is 0. The Morgan fingerprint density at radius 3 is 2.53 bits per heavy atom. The van der Waals surface area contributed by atoms with E-state index in [0.717, 1.165) is 22.4 Å². The van der Waals surface area contributed by atoms with Crippen LogP contribution in [0, 0.1) is 19.8 Å². The molecule has 1 heterocycles. The predicted molar refractivity (Wildman–Crippen MR) is 74.8 cm³/mol. The van der Waals surface area contributed by atoms with Gasteiger partial charge in [0.2, 0.25) is 0 Å². The van der Waals surface area contributed by atoms with Crippen molar-refractivity contribution in [3.05, 3.63) is 34.9 Å². The van der Waals surface area contributed by atoms with Crippen molar-refractivity contribution in [3.63, 3.8) is 0 Å². The average Bonchev–Trinajstić information content (AvgIpc) is 2.38. The van der Waals surface area contributed by atoms with E-state index in [-0.39, 0.29) is 11.8 Å². The van der Waals surface area contributed by atoms with Gasteiger partial charge in [-0.05, 0) is 25.0 Å². The fraction of sp³-hybridized carbons (Fsp3) is 0.467. The van der Waals surface area contributed by atoms with Crippen LogP contribution < -0.4 is 0 Å². The lowest BCUT2D eigenvalue weighted by atomic mass is 9.95. The average molecular weight is 260 g/mol. The molecule has 19 heavy (non-hydrogen) atoms. The maximum Gasteiger partial charge on any atom is 0.254 e. The fourth-order valence-electron chi connectivity index (χ4n) is 2.67. The van der Waals surface area contributed by atoms with Gasteiger partial charge in [0.1, 0.15) is 0 Å². The molecule has 4 nitrogen and oxygen atoms in total. The minimum atomic E-state index is 0.0828. The number of carbonyl (C=O) groups excluding carboxylic acids is 1. The molecule has 1 aliphatic rings. The van der Waals surface area contributed by atoms with E-state index in [2.05, 4.69) is 5.16 Å². The van der Waals surface area contributed by atoms with Crippen LogP contribution in [0.4, 0.5) is 0 Å². The molecule has 2 rings (SSSR count). The van der Waals surface area contributed by atoms with E-state index in [4.69, 9.17) is 5.21 Å². The van der Waals surface area contributed by atoms with Crippen molar-refractivity contribution in [3.8, 4) is 0 Å². The first-order valence-electron chi connectivity index (χ1n) is 6.61. The Hall–Kier alpha value is -1.84. The number of benzene rings is 1. The lowest BCUT2D eigenvalue weighted by Gasteiger charge is -2.32. The Labute approximate surface area is 113 Å². The Morgan fingerprint density at radius 2 is 2.00 bits per heavy atom. The molecule has 0 bridgehead atoms. The summed E-state index contributed by atoms with van der Waals surface area (Å²) in [6.45, 7) is 7.16. The SMILES string of the molecule is Cc1cccc(C)c1C(=O)N1CC/C(=N\O)C(C)C1. The molecule has 0 radical (unpaired) electrons. The maximum atomic E-state index is 12.6. The standard InChI is InChI=1S/C15H20N2O2/c1-10-5-4-6-11(2)14(10)15(18)17-8-7-13(16-19)12(3)9-17/h4-6,12,19H,7-9H2,1-3H3/b16-13+. The number of amides is 1. The Bertz CT molecular complexity index is 503. The van der Waals surface area contributed by atoms with Gasteiger partial charge in [-0.25, -0.2) is 0 Å². The first-order chi connectivity index (χ1) is 9.04. The molecule has 0 saturated carbocycles. The minimum Gasteiger partial charge on any atom is -0.411 e. The third kappa shape index (κ3) is 2.62. The van der Waals surface area contributed by atoms with Crippen LogP contribution in [-0.4, -0.2) is 34.8 Å². The van der Waals surface area contributed by atoms with Crippen LogP contribution in [0.15, 0.2) is 23.4 Å². The Balaban J connectivity index is 2.22. The van der Waals surface area contributed by atoms with Gasteiger partial charge in [0.05, 0.1) is 5.71 Å². The van der Waals surface area contributed by atoms with Crippen molar-refractivity contribution >= 4 is 11.6 Å². The third-order valence-corrected chi connectivity index (χ3v) is 3.81. The van der Waals surface area contributed by atoms with Crippen molar-refractivity contribution < 1.29 is 10.0 Å². The smallest absolute Gasteiger partial charge is 0.254 e. The van der Waals surface area contributed by atoms with Gasteiger partial charge in [-0.15, -0.1) is 0 Å². The molecule has 1 aromatic carbocycles. The zero-order valence-electron chi connectivity index (χ0n) is 11.7. The molecule has 1 unspecified atom stereocenters. The molecule has 1 aliphatic heterocycles. The highest BCUT2D eigenvalue weighted by molar-refractivity contribution is 5.98. The Morgan fingerprint density at radius 1 is 1.37 bits per heavy atom. The first-order valence-corrected chi connectivity index (χ1v) is 6.61. The van der Waals surface area contributed by atoms with Crippen molar-refractivity contribution in [1.29, 1.82) is 0 Å². The number of hydrogen-bond acceptors (Lipinski definition) is 3. The zero-order valence-corrected chi connectivity index (χ0v) is 11.7. The van der Waals surface area contributed by atoms with E-state index in [0.29, 0.717) is 19.5 Å². The highest BCUT2D eigenvalue weighted by Gasteiger charge is 2.27. The van der Waals surface area contributed by atoms with E-state index in [1.165, 1.54) is 0 Å².